The minimum absolute atomic E-state index is 0.108. The van der Waals surface area contributed by atoms with Crippen LogP contribution in [0.1, 0.15) is 465 Å². The topological polar surface area (TPSA) is 237 Å². The van der Waals surface area contributed by atoms with Crippen molar-refractivity contribution in [1.82, 2.24) is 0 Å². The molecule has 19 heteroatoms. The molecule has 105 heavy (non-hydrogen) atoms. The van der Waals surface area contributed by atoms with E-state index in [1.54, 1.807) is 0 Å². The maximum absolute atomic E-state index is 13.2. The van der Waals surface area contributed by atoms with Crippen LogP contribution >= 0.6 is 15.6 Å². The van der Waals surface area contributed by atoms with Gasteiger partial charge in [-0.15, -0.1) is 0 Å². The molecule has 0 heterocycles. The summed E-state index contributed by atoms with van der Waals surface area (Å²) in [6.45, 7) is 7.37. The zero-order valence-corrected chi connectivity index (χ0v) is 70.7. The molecule has 0 aliphatic heterocycles. The number of hydrogen-bond donors (Lipinski definition) is 3. The van der Waals surface area contributed by atoms with Crippen molar-refractivity contribution in [2.75, 3.05) is 39.6 Å². The van der Waals surface area contributed by atoms with Crippen LogP contribution in [-0.2, 0) is 65.4 Å². The Kier molecular flexibility index (Phi) is 77.3. The molecule has 3 N–H and O–H groups in total. The molecule has 17 nitrogen and oxygen atoms in total. The maximum Gasteiger partial charge on any atom is 0.472 e. The molecule has 6 atom stereocenters. The number of rotatable bonds is 86. The molecule has 0 aromatic heterocycles. The van der Waals surface area contributed by atoms with Gasteiger partial charge in [0.2, 0.25) is 0 Å². The summed E-state index contributed by atoms with van der Waals surface area (Å²) < 4.78 is 68.9. The predicted octanol–water partition coefficient (Wildman–Crippen LogP) is 26.4. The number of carbonyl (C=O) groups excluding carboxylic acids is 4. The van der Waals surface area contributed by atoms with Crippen LogP contribution in [0, 0.1) is 5.92 Å². The minimum atomic E-state index is -4.97. The van der Waals surface area contributed by atoms with Crippen LogP contribution in [0.4, 0.5) is 0 Å². The van der Waals surface area contributed by atoms with E-state index in [0.29, 0.717) is 25.7 Å². The van der Waals surface area contributed by atoms with Crippen LogP contribution in [0.3, 0.4) is 0 Å². The van der Waals surface area contributed by atoms with Gasteiger partial charge in [-0.05, 0) is 31.6 Å². The lowest BCUT2D eigenvalue weighted by atomic mass is 9.99. The first-order valence-electron chi connectivity index (χ1n) is 44.7. The molecular formula is C86H168O17P2. The molecule has 0 bridgehead atoms. The Balaban J connectivity index is 5.24. The van der Waals surface area contributed by atoms with E-state index in [0.717, 1.165) is 95.8 Å². The summed E-state index contributed by atoms with van der Waals surface area (Å²) in [4.78, 5) is 73.2. The van der Waals surface area contributed by atoms with Crippen LogP contribution in [0.15, 0.2) is 0 Å². The summed E-state index contributed by atoms with van der Waals surface area (Å²) in [7, 11) is -9.93. The van der Waals surface area contributed by atoms with Crippen molar-refractivity contribution in [3.8, 4) is 0 Å². The summed E-state index contributed by atoms with van der Waals surface area (Å²) in [6.07, 6.45) is 72.2. The first-order valence-corrected chi connectivity index (χ1v) is 47.7. The van der Waals surface area contributed by atoms with Gasteiger partial charge in [0.05, 0.1) is 26.4 Å². The normalized spacial score (nSPS) is 14.0. The van der Waals surface area contributed by atoms with E-state index in [4.69, 9.17) is 37.0 Å². The summed E-state index contributed by atoms with van der Waals surface area (Å²) in [5.41, 5.74) is 0. The minimum Gasteiger partial charge on any atom is -0.462 e. The highest BCUT2D eigenvalue weighted by Gasteiger charge is 2.30. The molecule has 624 valence electrons. The summed E-state index contributed by atoms with van der Waals surface area (Å²) >= 11 is 0. The third kappa shape index (κ3) is 78.5. The third-order valence-electron chi connectivity index (χ3n) is 20.6. The van der Waals surface area contributed by atoms with Crippen molar-refractivity contribution < 1.29 is 80.2 Å². The molecule has 0 amide bonds. The quantitative estimate of drug-likeness (QED) is 0.0222. The third-order valence-corrected chi connectivity index (χ3v) is 22.5. The highest BCUT2D eigenvalue weighted by Crippen LogP contribution is 2.45. The number of aliphatic hydroxyl groups excluding tert-OH is 1. The average molecular weight is 1540 g/mol. The van der Waals surface area contributed by atoms with Crippen molar-refractivity contribution in [1.29, 1.82) is 0 Å². The van der Waals surface area contributed by atoms with Gasteiger partial charge >= 0.3 is 39.5 Å². The van der Waals surface area contributed by atoms with E-state index in [9.17, 15) is 43.2 Å². The summed E-state index contributed by atoms with van der Waals surface area (Å²) in [5.74, 6) is -1.32. The van der Waals surface area contributed by atoms with Gasteiger partial charge in [0.1, 0.15) is 19.3 Å². The van der Waals surface area contributed by atoms with Crippen LogP contribution in [0.25, 0.3) is 0 Å². The Hall–Kier alpha value is -1.94. The van der Waals surface area contributed by atoms with Crippen molar-refractivity contribution in [2.24, 2.45) is 5.92 Å². The van der Waals surface area contributed by atoms with Crippen LogP contribution in [0.5, 0.6) is 0 Å². The second-order valence-electron chi connectivity index (χ2n) is 31.2. The number of phosphoric acid groups is 2. The molecule has 0 rings (SSSR count). The predicted molar refractivity (Wildman–Crippen MR) is 432 cm³/mol. The Morgan fingerprint density at radius 3 is 0.676 bits per heavy atom. The van der Waals surface area contributed by atoms with Gasteiger partial charge in [-0.3, -0.25) is 37.3 Å². The Morgan fingerprint density at radius 2 is 0.457 bits per heavy atom. The molecule has 0 aromatic carbocycles. The molecule has 0 aromatic rings. The molecule has 0 saturated carbocycles. The highest BCUT2D eigenvalue weighted by molar-refractivity contribution is 7.47. The molecule has 0 spiro atoms. The zero-order chi connectivity index (χ0) is 76.9. The van der Waals surface area contributed by atoms with Gasteiger partial charge < -0.3 is 33.8 Å². The largest absolute Gasteiger partial charge is 0.472 e. The second-order valence-corrected chi connectivity index (χ2v) is 34.1. The average Bonchev–Trinajstić information content (AvgIpc) is 0.986. The number of esters is 4. The number of unbranched alkanes of at least 4 members (excludes halogenated alkanes) is 57. The lowest BCUT2D eigenvalue weighted by Crippen LogP contribution is -2.30. The number of ether oxygens (including phenoxy) is 4. The standard InChI is InChI=1S/C86H168O17P2/c1-6-10-13-16-19-22-25-28-31-33-35-36-37-39-41-44-47-50-57-62-67-72-86(91)102-81(75-96-83(88)69-64-59-54-48-45-43-40-38-34-32-29-26-23-20-17-14-11-7-2)77-100-104(92,93)98-73-80(87)74-99-105(94,95)101-78-82(76-97-84(89)70-65-60-55-52-51-53-58-63-68-79(5)9-4)103-85(90)71-66-61-56-49-46-42-30-27-24-21-18-15-12-8-3/h79-82,87H,6-78H2,1-5H3,(H,92,93)(H,94,95)/t79?,80-,81-,82-/m1/s1. The Labute approximate surface area is 645 Å². The lowest BCUT2D eigenvalue weighted by Gasteiger charge is -2.21. The van der Waals surface area contributed by atoms with E-state index in [-0.39, 0.29) is 25.7 Å². The van der Waals surface area contributed by atoms with Crippen molar-refractivity contribution in [3.63, 3.8) is 0 Å². The fourth-order valence-corrected chi connectivity index (χ4v) is 15.0. The van der Waals surface area contributed by atoms with E-state index >= 15 is 0 Å². The van der Waals surface area contributed by atoms with Crippen LogP contribution in [0.2, 0.25) is 0 Å². The fraction of sp³-hybridized carbons (Fsp3) is 0.953. The number of hydrogen-bond acceptors (Lipinski definition) is 15. The Bertz CT molecular complexity index is 2000. The SMILES string of the molecule is CCCCCCCCCCCCCCCCCCCCCCCC(=O)O[C@H](COC(=O)CCCCCCCCCCCCCCCCCCCC)COP(=O)(O)OC[C@@H](O)COP(=O)(O)OC[C@@H](COC(=O)CCCCCCCCCCC(C)CC)OC(=O)CCCCCCCCCCCCCCCC. The van der Waals surface area contributed by atoms with Crippen molar-refractivity contribution in [3.05, 3.63) is 0 Å². The first-order chi connectivity index (χ1) is 51.1. The summed E-state index contributed by atoms with van der Waals surface area (Å²) in [5, 5.41) is 10.7. The molecular weight excluding hydrogens is 1370 g/mol. The van der Waals surface area contributed by atoms with Gasteiger partial charge in [-0.25, -0.2) is 9.13 Å². The van der Waals surface area contributed by atoms with Crippen LogP contribution < -0.4 is 0 Å². The molecule has 3 unspecified atom stereocenters. The molecule has 0 aliphatic carbocycles. The highest BCUT2D eigenvalue weighted by atomic mass is 31.2. The number of phosphoric ester groups is 2. The summed E-state index contributed by atoms with van der Waals surface area (Å²) in [6, 6.07) is 0. The maximum atomic E-state index is 13.2. The smallest absolute Gasteiger partial charge is 0.462 e. The monoisotopic (exact) mass is 1540 g/mol. The zero-order valence-electron chi connectivity index (χ0n) is 68.9. The second kappa shape index (κ2) is 78.7. The molecule has 0 aliphatic rings. The molecule has 0 saturated heterocycles. The van der Waals surface area contributed by atoms with E-state index in [1.165, 1.54) is 289 Å². The lowest BCUT2D eigenvalue weighted by molar-refractivity contribution is -0.161. The van der Waals surface area contributed by atoms with Gasteiger partial charge in [0.15, 0.2) is 12.2 Å². The van der Waals surface area contributed by atoms with E-state index in [2.05, 4.69) is 34.6 Å². The number of carbonyl (C=O) groups is 4. The van der Waals surface area contributed by atoms with Crippen molar-refractivity contribution >= 4 is 39.5 Å². The van der Waals surface area contributed by atoms with E-state index in [1.807, 2.05) is 0 Å². The van der Waals surface area contributed by atoms with Gasteiger partial charge in [0.25, 0.3) is 0 Å². The molecule has 0 radical (unpaired) electrons. The van der Waals surface area contributed by atoms with Gasteiger partial charge in [-0.2, -0.15) is 0 Å². The van der Waals surface area contributed by atoms with Crippen LogP contribution in [-0.4, -0.2) is 96.7 Å². The van der Waals surface area contributed by atoms with Gasteiger partial charge in [-0.1, -0.05) is 413 Å². The molecule has 0 fully saturated rings. The number of aliphatic hydroxyl groups is 1. The Morgan fingerprint density at radius 1 is 0.267 bits per heavy atom. The van der Waals surface area contributed by atoms with Gasteiger partial charge in [0, 0.05) is 25.7 Å². The van der Waals surface area contributed by atoms with Crippen molar-refractivity contribution in [2.45, 2.75) is 483 Å². The first kappa shape index (κ1) is 103. The fourth-order valence-electron chi connectivity index (χ4n) is 13.4. The van der Waals surface area contributed by atoms with E-state index < -0.39 is 97.5 Å².